The molecule has 25 heavy (non-hydrogen) atoms. The summed E-state index contributed by atoms with van der Waals surface area (Å²) < 4.78 is 0. The average molecular weight is 460 g/mol. The first-order chi connectivity index (χ1) is 11.6. The summed E-state index contributed by atoms with van der Waals surface area (Å²) >= 11 is 0. The standard InChI is InChI=1S/C19H32N4O.HI/c1-5-7-8-15(6-2)13-22-19(21-4)23-14-16-9-11-17(12-10-16)18(24)20-3;/h9-12,15H,5-8,13-14H2,1-4H3,(H,20,24)(H2,21,22,23);1H. The smallest absolute Gasteiger partial charge is 0.251 e. The molecule has 142 valence electrons. The molecule has 1 aromatic carbocycles. The molecule has 0 aliphatic rings. The quantitative estimate of drug-likeness (QED) is 0.300. The van der Waals surface area contributed by atoms with Gasteiger partial charge in [0.2, 0.25) is 0 Å². The molecule has 0 aromatic heterocycles. The molecule has 0 spiro atoms. The summed E-state index contributed by atoms with van der Waals surface area (Å²) in [7, 11) is 3.43. The minimum Gasteiger partial charge on any atom is -0.356 e. The molecule has 1 amide bonds. The van der Waals surface area contributed by atoms with Gasteiger partial charge in [0.15, 0.2) is 5.96 Å². The Balaban J connectivity index is 0.00000576. The van der Waals surface area contributed by atoms with Crippen molar-refractivity contribution in [3.05, 3.63) is 35.4 Å². The number of guanidine groups is 1. The van der Waals surface area contributed by atoms with Crippen LogP contribution in [0.2, 0.25) is 0 Å². The first-order valence-electron chi connectivity index (χ1n) is 8.90. The Morgan fingerprint density at radius 3 is 2.36 bits per heavy atom. The molecule has 0 saturated heterocycles. The van der Waals surface area contributed by atoms with Crippen molar-refractivity contribution in [2.45, 2.75) is 46.1 Å². The summed E-state index contributed by atoms with van der Waals surface area (Å²) in [5.74, 6) is 1.44. The number of amides is 1. The molecule has 0 radical (unpaired) electrons. The Kier molecular flexibility index (Phi) is 13.2. The monoisotopic (exact) mass is 460 g/mol. The van der Waals surface area contributed by atoms with Crippen LogP contribution in [-0.4, -0.2) is 32.5 Å². The predicted octanol–water partition coefficient (Wildman–Crippen LogP) is 3.55. The van der Waals surface area contributed by atoms with Gasteiger partial charge in [-0.15, -0.1) is 24.0 Å². The minimum atomic E-state index is -0.0651. The number of carbonyl (C=O) groups excluding carboxylic acids is 1. The van der Waals surface area contributed by atoms with Crippen LogP contribution in [0.1, 0.15) is 55.5 Å². The number of benzene rings is 1. The Labute approximate surface area is 169 Å². The van der Waals surface area contributed by atoms with Gasteiger partial charge in [0.25, 0.3) is 5.91 Å². The number of hydrogen-bond acceptors (Lipinski definition) is 2. The molecule has 0 aliphatic carbocycles. The fraction of sp³-hybridized carbons (Fsp3) is 0.579. The van der Waals surface area contributed by atoms with Crippen LogP contribution in [0.5, 0.6) is 0 Å². The molecule has 1 unspecified atom stereocenters. The molecule has 1 atom stereocenters. The lowest BCUT2D eigenvalue weighted by Crippen LogP contribution is -2.39. The van der Waals surface area contributed by atoms with Gasteiger partial charge >= 0.3 is 0 Å². The highest BCUT2D eigenvalue weighted by Gasteiger charge is 2.07. The van der Waals surface area contributed by atoms with Crippen LogP contribution in [-0.2, 0) is 6.54 Å². The first-order valence-corrected chi connectivity index (χ1v) is 8.90. The third-order valence-corrected chi connectivity index (χ3v) is 4.23. The van der Waals surface area contributed by atoms with Gasteiger partial charge in [-0.2, -0.15) is 0 Å². The fourth-order valence-corrected chi connectivity index (χ4v) is 2.51. The van der Waals surface area contributed by atoms with Crippen molar-refractivity contribution in [3.63, 3.8) is 0 Å². The van der Waals surface area contributed by atoms with Crippen LogP contribution < -0.4 is 16.0 Å². The molecular formula is C19H33IN4O. The van der Waals surface area contributed by atoms with Crippen LogP contribution in [0.3, 0.4) is 0 Å². The lowest BCUT2D eigenvalue weighted by molar-refractivity contribution is 0.0963. The maximum absolute atomic E-state index is 11.5. The number of hydrogen-bond donors (Lipinski definition) is 3. The second-order valence-corrected chi connectivity index (χ2v) is 6.00. The van der Waals surface area contributed by atoms with E-state index in [0.717, 1.165) is 18.1 Å². The van der Waals surface area contributed by atoms with E-state index in [4.69, 9.17) is 0 Å². The molecule has 0 bridgehead atoms. The summed E-state index contributed by atoms with van der Waals surface area (Å²) in [6, 6.07) is 7.59. The number of unbranched alkanes of at least 4 members (excludes halogenated alkanes) is 1. The molecular weight excluding hydrogens is 427 g/mol. The zero-order chi connectivity index (χ0) is 17.8. The number of aliphatic imine (C=N–C) groups is 1. The van der Waals surface area contributed by atoms with Gasteiger partial charge in [0, 0.05) is 32.7 Å². The van der Waals surface area contributed by atoms with E-state index in [0.29, 0.717) is 18.0 Å². The molecule has 5 nitrogen and oxygen atoms in total. The molecule has 0 saturated carbocycles. The normalized spacial score (nSPS) is 12.1. The molecule has 3 N–H and O–H groups in total. The summed E-state index contributed by atoms with van der Waals surface area (Å²) in [5.41, 5.74) is 1.79. The molecule has 0 aliphatic heterocycles. The van der Waals surface area contributed by atoms with Gasteiger partial charge < -0.3 is 16.0 Å². The van der Waals surface area contributed by atoms with Crippen molar-refractivity contribution in [1.82, 2.24) is 16.0 Å². The Hall–Kier alpha value is -1.31. The van der Waals surface area contributed by atoms with Gasteiger partial charge in [0.05, 0.1) is 0 Å². The number of rotatable bonds is 9. The largest absolute Gasteiger partial charge is 0.356 e. The van der Waals surface area contributed by atoms with Crippen molar-refractivity contribution in [3.8, 4) is 0 Å². The third-order valence-electron chi connectivity index (χ3n) is 4.23. The molecule has 1 rings (SSSR count). The van der Waals surface area contributed by atoms with Crippen LogP contribution >= 0.6 is 24.0 Å². The topological polar surface area (TPSA) is 65.5 Å². The Bertz CT molecular complexity index is 517. The van der Waals surface area contributed by atoms with E-state index >= 15 is 0 Å². The van der Waals surface area contributed by atoms with E-state index in [1.54, 1.807) is 14.1 Å². The van der Waals surface area contributed by atoms with Crippen LogP contribution in [0, 0.1) is 5.92 Å². The Morgan fingerprint density at radius 1 is 1.16 bits per heavy atom. The summed E-state index contributed by atoms with van der Waals surface area (Å²) in [5, 5.41) is 9.36. The van der Waals surface area contributed by atoms with Crippen molar-refractivity contribution < 1.29 is 4.79 Å². The van der Waals surface area contributed by atoms with Crippen molar-refractivity contribution in [2.75, 3.05) is 20.6 Å². The number of nitrogens with one attached hydrogen (secondary N) is 3. The second kappa shape index (κ2) is 13.9. The van der Waals surface area contributed by atoms with E-state index < -0.39 is 0 Å². The molecule has 0 heterocycles. The lowest BCUT2D eigenvalue weighted by atomic mass is 9.99. The number of carbonyl (C=O) groups is 1. The number of nitrogens with zero attached hydrogens (tertiary/aromatic N) is 1. The second-order valence-electron chi connectivity index (χ2n) is 6.00. The lowest BCUT2D eigenvalue weighted by Gasteiger charge is -2.18. The van der Waals surface area contributed by atoms with Crippen LogP contribution in [0.25, 0.3) is 0 Å². The van der Waals surface area contributed by atoms with Crippen molar-refractivity contribution in [2.24, 2.45) is 10.9 Å². The maximum Gasteiger partial charge on any atom is 0.251 e. The zero-order valence-corrected chi connectivity index (χ0v) is 18.2. The minimum absolute atomic E-state index is 0. The van der Waals surface area contributed by atoms with Crippen LogP contribution in [0.4, 0.5) is 0 Å². The van der Waals surface area contributed by atoms with Crippen molar-refractivity contribution in [1.29, 1.82) is 0 Å². The van der Waals surface area contributed by atoms with E-state index in [1.807, 2.05) is 24.3 Å². The maximum atomic E-state index is 11.5. The molecule has 6 heteroatoms. The van der Waals surface area contributed by atoms with E-state index in [2.05, 4.69) is 34.8 Å². The van der Waals surface area contributed by atoms with Gasteiger partial charge in [-0.1, -0.05) is 45.2 Å². The SMILES string of the molecule is CCCCC(CC)CNC(=NC)NCc1ccc(C(=O)NC)cc1.I. The first kappa shape index (κ1) is 23.7. The third kappa shape index (κ3) is 9.09. The fourth-order valence-electron chi connectivity index (χ4n) is 2.51. The summed E-state index contributed by atoms with van der Waals surface area (Å²) in [6.45, 7) is 6.10. The molecule has 0 fully saturated rings. The summed E-state index contributed by atoms with van der Waals surface area (Å²) in [4.78, 5) is 15.8. The van der Waals surface area contributed by atoms with E-state index in [1.165, 1.54) is 25.7 Å². The van der Waals surface area contributed by atoms with Gasteiger partial charge in [0.1, 0.15) is 0 Å². The van der Waals surface area contributed by atoms with E-state index in [-0.39, 0.29) is 29.9 Å². The average Bonchev–Trinajstić information content (AvgIpc) is 2.63. The van der Waals surface area contributed by atoms with Gasteiger partial charge in [-0.25, -0.2) is 0 Å². The highest BCUT2D eigenvalue weighted by atomic mass is 127. The van der Waals surface area contributed by atoms with E-state index in [9.17, 15) is 4.79 Å². The van der Waals surface area contributed by atoms with Gasteiger partial charge in [-0.05, 0) is 30.0 Å². The van der Waals surface area contributed by atoms with Gasteiger partial charge in [-0.3, -0.25) is 9.79 Å². The molecule has 1 aromatic rings. The predicted molar refractivity (Wildman–Crippen MR) is 117 cm³/mol. The Morgan fingerprint density at radius 2 is 1.84 bits per heavy atom. The van der Waals surface area contributed by atoms with Crippen LogP contribution in [0.15, 0.2) is 29.3 Å². The highest BCUT2D eigenvalue weighted by molar-refractivity contribution is 14.0. The number of halogens is 1. The summed E-state index contributed by atoms with van der Waals surface area (Å²) in [6.07, 6.45) is 4.97. The van der Waals surface area contributed by atoms with Crippen molar-refractivity contribution >= 4 is 35.8 Å². The zero-order valence-electron chi connectivity index (χ0n) is 15.9. The highest BCUT2D eigenvalue weighted by Crippen LogP contribution is 2.11.